The molecule has 0 saturated heterocycles. The van der Waals surface area contributed by atoms with Gasteiger partial charge in [-0.3, -0.25) is 4.79 Å². The summed E-state index contributed by atoms with van der Waals surface area (Å²) in [5, 5.41) is 7.44. The fourth-order valence-electron chi connectivity index (χ4n) is 2.05. The number of nitrogens with one attached hydrogen (secondary N) is 2. The van der Waals surface area contributed by atoms with Crippen LogP contribution in [0.2, 0.25) is 10.0 Å². The Kier molecular flexibility index (Phi) is 7.00. The highest BCUT2D eigenvalue weighted by atomic mass is 35.5. The minimum Gasteiger partial charge on any atom is -0.449 e. The highest BCUT2D eigenvalue weighted by Gasteiger charge is 2.11. The Labute approximate surface area is 161 Å². The first-order chi connectivity index (χ1) is 12.4. The maximum Gasteiger partial charge on any atom is 0.427 e. The van der Waals surface area contributed by atoms with Gasteiger partial charge in [-0.15, -0.1) is 0 Å². The molecule has 0 radical (unpaired) electrons. The Balaban J connectivity index is 2.12. The highest BCUT2D eigenvalue weighted by molar-refractivity contribution is 6.37. The first kappa shape index (κ1) is 19.8. The number of hydrogen-bond acceptors (Lipinski definition) is 4. The second-order valence-electron chi connectivity index (χ2n) is 5.19. The fraction of sp³-hybridized carbons (Fsp3) is 0.167. The van der Waals surface area contributed by atoms with E-state index in [1.54, 1.807) is 50.2 Å². The number of nitrogens with zero attached hydrogens (tertiary/aromatic N) is 1. The molecule has 0 fully saturated rings. The molecular weight excluding hydrogens is 377 g/mol. The van der Waals surface area contributed by atoms with E-state index in [2.05, 4.69) is 15.8 Å². The number of rotatable bonds is 5. The van der Waals surface area contributed by atoms with Crippen LogP contribution in [0.4, 0.5) is 10.5 Å². The molecule has 0 atom stereocenters. The molecule has 2 amide bonds. The molecule has 2 N–H and O–H groups in total. The van der Waals surface area contributed by atoms with Crippen LogP contribution >= 0.6 is 23.2 Å². The van der Waals surface area contributed by atoms with Crippen molar-refractivity contribution in [3.8, 4) is 0 Å². The van der Waals surface area contributed by atoms with Gasteiger partial charge in [0.05, 0.1) is 22.9 Å². The van der Waals surface area contributed by atoms with E-state index < -0.39 is 6.09 Å². The van der Waals surface area contributed by atoms with Crippen molar-refractivity contribution in [3.63, 3.8) is 0 Å². The van der Waals surface area contributed by atoms with Gasteiger partial charge in [0.25, 0.3) is 5.91 Å². The molecule has 2 aromatic carbocycles. The molecule has 0 saturated carbocycles. The van der Waals surface area contributed by atoms with E-state index in [1.807, 2.05) is 0 Å². The van der Waals surface area contributed by atoms with Crippen molar-refractivity contribution in [1.29, 1.82) is 0 Å². The minimum absolute atomic E-state index is 0.259. The maximum absolute atomic E-state index is 12.4. The zero-order valence-corrected chi connectivity index (χ0v) is 15.7. The van der Waals surface area contributed by atoms with Gasteiger partial charge in [-0.25, -0.2) is 10.2 Å². The second kappa shape index (κ2) is 9.22. The van der Waals surface area contributed by atoms with Crippen LogP contribution in [0.15, 0.2) is 47.6 Å². The van der Waals surface area contributed by atoms with Crippen LogP contribution in [0.5, 0.6) is 0 Å². The Morgan fingerprint density at radius 3 is 2.62 bits per heavy atom. The summed E-state index contributed by atoms with van der Waals surface area (Å²) >= 11 is 11.9. The van der Waals surface area contributed by atoms with Crippen molar-refractivity contribution < 1.29 is 14.3 Å². The van der Waals surface area contributed by atoms with Gasteiger partial charge in [0.2, 0.25) is 0 Å². The van der Waals surface area contributed by atoms with E-state index in [1.165, 1.54) is 6.07 Å². The van der Waals surface area contributed by atoms with E-state index in [9.17, 15) is 9.59 Å². The lowest BCUT2D eigenvalue weighted by Crippen LogP contribution is -2.20. The SMILES string of the molecule is CCOC(=O)NN=C(C)c1cccc(NC(=O)c2ccc(Cl)cc2Cl)c1. The van der Waals surface area contributed by atoms with Crippen LogP contribution in [0.3, 0.4) is 0 Å². The predicted octanol–water partition coefficient (Wildman–Crippen LogP) is 4.72. The van der Waals surface area contributed by atoms with E-state index in [4.69, 9.17) is 27.9 Å². The molecule has 2 aromatic rings. The highest BCUT2D eigenvalue weighted by Crippen LogP contribution is 2.22. The van der Waals surface area contributed by atoms with Crippen molar-refractivity contribution in [2.24, 2.45) is 5.10 Å². The van der Waals surface area contributed by atoms with Gasteiger partial charge in [0, 0.05) is 10.7 Å². The van der Waals surface area contributed by atoms with Crippen LogP contribution in [0.25, 0.3) is 0 Å². The standard InChI is InChI=1S/C18H17Cl2N3O3/c1-3-26-18(25)23-22-11(2)12-5-4-6-14(9-12)21-17(24)15-8-7-13(19)10-16(15)20/h4-10H,3H2,1-2H3,(H,21,24)(H,23,25). The van der Waals surface area contributed by atoms with Crippen molar-refractivity contribution >= 4 is 46.6 Å². The topological polar surface area (TPSA) is 79.8 Å². The zero-order chi connectivity index (χ0) is 19.1. The molecule has 136 valence electrons. The summed E-state index contributed by atoms with van der Waals surface area (Å²) in [4.78, 5) is 23.7. The minimum atomic E-state index is -0.631. The lowest BCUT2D eigenvalue weighted by Gasteiger charge is -2.09. The molecule has 0 aliphatic heterocycles. The lowest BCUT2D eigenvalue weighted by molar-refractivity contribution is 0.102. The van der Waals surface area contributed by atoms with E-state index in [-0.39, 0.29) is 17.5 Å². The predicted molar refractivity (Wildman–Crippen MR) is 103 cm³/mol. The summed E-state index contributed by atoms with van der Waals surface area (Å²) in [5.41, 5.74) is 4.44. The Morgan fingerprint density at radius 2 is 1.92 bits per heavy atom. The van der Waals surface area contributed by atoms with Gasteiger partial charge < -0.3 is 10.1 Å². The van der Waals surface area contributed by atoms with Crippen molar-refractivity contribution in [1.82, 2.24) is 5.43 Å². The van der Waals surface area contributed by atoms with Crippen LogP contribution in [-0.4, -0.2) is 24.3 Å². The number of carbonyl (C=O) groups is 2. The third-order valence-corrected chi connectivity index (χ3v) is 3.85. The third-order valence-electron chi connectivity index (χ3n) is 3.30. The largest absolute Gasteiger partial charge is 0.449 e. The molecule has 0 unspecified atom stereocenters. The second-order valence-corrected chi connectivity index (χ2v) is 6.03. The molecule has 0 aliphatic carbocycles. The quantitative estimate of drug-likeness (QED) is 0.569. The molecule has 0 heterocycles. The Morgan fingerprint density at radius 1 is 1.15 bits per heavy atom. The van der Waals surface area contributed by atoms with Crippen LogP contribution < -0.4 is 10.7 Å². The molecule has 26 heavy (non-hydrogen) atoms. The normalized spacial score (nSPS) is 11.0. The summed E-state index contributed by atoms with van der Waals surface area (Å²) in [6.07, 6.45) is -0.631. The first-order valence-electron chi connectivity index (χ1n) is 7.74. The average molecular weight is 394 g/mol. The van der Waals surface area contributed by atoms with Gasteiger partial charge in [-0.1, -0.05) is 35.3 Å². The summed E-state index contributed by atoms with van der Waals surface area (Å²) in [6.45, 7) is 3.69. The molecular formula is C18H17Cl2N3O3. The molecule has 2 rings (SSSR count). The number of halogens is 2. The number of anilines is 1. The Hall–Kier alpha value is -2.57. The van der Waals surface area contributed by atoms with Crippen molar-refractivity contribution in [2.45, 2.75) is 13.8 Å². The summed E-state index contributed by atoms with van der Waals surface area (Å²) in [6, 6.07) is 11.7. The number of benzene rings is 2. The van der Waals surface area contributed by atoms with Crippen molar-refractivity contribution in [3.05, 3.63) is 63.6 Å². The van der Waals surface area contributed by atoms with Gasteiger partial charge in [-0.2, -0.15) is 5.10 Å². The fourth-order valence-corrected chi connectivity index (χ4v) is 2.55. The van der Waals surface area contributed by atoms with Crippen LogP contribution in [-0.2, 0) is 4.74 Å². The average Bonchev–Trinajstić information content (AvgIpc) is 2.60. The molecule has 0 aromatic heterocycles. The van der Waals surface area contributed by atoms with E-state index >= 15 is 0 Å². The Bertz CT molecular complexity index is 853. The lowest BCUT2D eigenvalue weighted by atomic mass is 10.1. The van der Waals surface area contributed by atoms with E-state index in [0.717, 1.165) is 5.56 Å². The molecule has 8 heteroatoms. The number of hydrogen-bond donors (Lipinski definition) is 2. The smallest absolute Gasteiger partial charge is 0.427 e. The summed E-state index contributed by atoms with van der Waals surface area (Å²) in [7, 11) is 0. The number of carbonyl (C=O) groups excluding carboxylic acids is 2. The molecule has 0 aliphatic rings. The maximum atomic E-state index is 12.4. The summed E-state index contributed by atoms with van der Waals surface area (Å²) in [5.74, 6) is -0.358. The van der Waals surface area contributed by atoms with Crippen LogP contribution in [0.1, 0.15) is 29.8 Å². The number of amides is 2. The summed E-state index contributed by atoms with van der Waals surface area (Å²) < 4.78 is 4.74. The van der Waals surface area contributed by atoms with Gasteiger partial charge in [0.15, 0.2) is 0 Å². The monoisotopic (exact) mass is 393 g/mol. The molecule has 0 spiro atoms. The number of hydrazone groups is 1. The van der Waals surface area contributed by atoms with Gasteiger partial charge in [-0.05, 0) is 49.7 Å². The van der Waals surface area contributed by atoms with Crippen LogP contribution in [0, 0.1) is 0 Å². The van der Waals surface area contributed by atoms with E-state index in [0.29, 0.717) is 22.0 Å². The molecule has 0 bridgehead atoms. The molecule has 6 nitrogen and oxygen atoms in total. The third kappa shape index (κ3) is 5.47. The van der Waals surface area contributed by atoms with Gasteiger partial charge >= 0.3 is 6.09 Å². The number of ether oxygens (including phenoxy) is 1. The van der Waals surface area contributed by atoms with Gasteiger partial charge in [0.1, 0.15) is 0 Å². The zero-order valence-electron chi connectivity index (χ0n) is 14.2. The first-order valence-corrected chi connectivity index (χ1v) is 8.50. The van der Waals surface area contributed by atoms with Crippen molar-refractivity contribution in [2.75, 3.05) is 11.9 Å².